The van der Waals surface area contributed by atoms with Crippen LogP contribution >= 0.6 is 0 Å². The third kappa shape index (κ3) is 1.59. The number of nitro benzene ring substituents is 1. The van der Waals surface area contributed by atoms with Crippen molar-refractivity contribution in [2.45, 2.75) is 6.92 Å². The number of aromatic amines is 1. The van der Waals surface area contributed by atoms with Gasteiger partial charge in [-0.25, -0.2) is 4.98 Å². The highest BCUT2D eigenvalue weighted by atomic mass is 16.6. The first-order valence-corrected chi connectivity index (χ1v) is 4.44. The molecule has 5 heteroatoms. The van der Waals surface area contributed by atoms with Crippen LogP contribution in [0.2, 0.25) is 0 Å². The molecule has 0 bridgehead atoms. The number of H-pyrrole nitrogens is 1. The van der Waals surface area contributed by atoms with Crippen LogP contribution in [0.1, 0.15) is 5.69 Å². The SMILES string of the molecule is Cc1[nH]cnc1-c1ccccc1[N+](=O)[O-]. The van der Waals surface area contributed by atoms with Crippen LogP contribution in [0, 0.1) is 17.0 Å². The third-order valence-corrected chi connectivity index (χ3v) is 2.19. The molecular formula is C10H9N3O2. The molecule has 76 valence electrons. The Morgan fingerprint density at radius 3 is 2.73 bits per heavy atom. The van der Waals surface area contributed by atoms with Crippen LogP contribution in [0.15, 0.2) is 30.6 Å². The largest absolute Gasteiger partial charge is 0.348 e. The van der Waals surface area contributed by atoms with Gasteiger partial charge < -0.3 is 4.98 Å². The van der Waals surface area contributed by atoms with E-state index in [0.717, 1.165) is 5.69 Å². The molecule has 1 heterocycles. The minimum atomic E-state index is -0.399. The van der Waals surface area contributed by atoms with Gasteiger partial charge in [-0.05, 0) is 13.0 Å². The summed E-state index contributed by atoms with van der Waals surface area (Å²) in [5.74, 6) is 0. The molecular weight excluding hydrogens is 194 g/mol. The number of aryl methyl sites for hydroxylation is 1. The topological polar surface area (TPSA) is 71.8 Å². The average Bonchev–Trinajstić information content (AvgIpc) is 2.64. The predicted octanol–water partition coefficient (Wildman–Crippen LogP) is 2.29. The molecule has 0 spiro atoms. The summed E-state index contributed by atoms with van der Waals surface area (Å²) in [7, 11) is 0. The number of para-hydroxylation sites is 1. The normalized spacial score (nSPS) is 10.2. The second kappa shape index (κ2) is 3.53. The maximum absolute atomic E-state index is 10.8. The lowest BCUT2D eigenvalue weighted by molar-refractivity contribution is -0.384. The van der Waals surface area contributed by atoms with Crippen molar-refractivity contribution < 1.29 is 4.92 Å². The van der Waals surface area contributed by atoms with Gasteiger partial charge in [0.25, 0.3) is 5.69 Å². The summed E-state index contributed by atoms with van der Waals surface area (Å²) in [6.45, 7) is 1.83. The summed E-state index contributed by atoms with van der Waals surface area (Å²) in [6.07, 6.45) is 1.53. The summed E-state index contributed by atoms with van der Waals surface area (Å²) < 4.78 is 0. The highest BCUT2D eigenvalue weighted by Gasteiger charge is 2.16. The van der Waals surface area contributed by atoms with Crippen molar-refractivity contribution in [1.29, 1.82) is 0 Å². The summed E-state index contributed by atoms with van der Waals surface area (Å²) >= 11 is 0. The molecule has 5 nitrogen and oxygen atoms in total. The second-order valence-corrected chi connectivity index (χ2v) is 3.15. The molecule has 0 atom stereocenters. The summed E-state index contributed by atoms with van der Waals surface area (Å²) in [4.78, 5) is 17.4. The van der Waals surface area contributed by atoms with Gasteiger partial charge in [-0.15, -0.1) is 0 Å². The van der Waals surface area contributed by atoms with Gasteiger partial charge in [-0.3, -0.25) is 10.1 Å². The van der Waals surface area contributed by atoms with Crippen molar-refractivity contribution in [3.05, 3.63) is 46.4 Å². The maximum atomic E-state index is 10.8. The molecule has 0 saturated heterocycles. The van der Waals surface area contributed by atoms with E-state index in [-0.39, 0.29) is 5.69 Å². The minimum Gasteiger partial charge on any atom is -0.348 e. The van der Waals surface area contributed by atoms with Gasteiger partial charge in [0.1, 0.15) is 0 Å². The summed E-state index contributed by atoms with van der Waals surface area (Å²) in [6, 6.07) is 6.57. The van der Waals surface area contributed by atoms with Crippen LogP contribution in [0.4, 0.5) is 5.69 Å². The molecule has 0 aliphatic heterocycles. The van der Waals surface area contributed by atoms with Gasteiger partial charge in [0.15, 0.2) is 0 Å². The Hall–Kier alpha value is -2.17. The summed E-state index contributed by atoms with van der Waals surface area (Å²) in [5, 5.41) is 10.8. The molecule has 0 unspecified atom stereocenters. The number of aromatic nitrogens is 2. The van der Waals surface area contributed by atoms with E-state index in [1.165, 1.54) is 12.4 Å². The fraction of sp³-hybridized carbons (Fsp3) is 0.100. The fourth-order valence-electron chi connectivity index (χ4n) is 1.46. The van der Waals surface area contributed by atoms with Crippen molar-refractivity contribution >= 4 is 5.69 Å². The van der Waals surface area contributed by atoms with Crippen LogP contribution in [0.3, 0.4) is 0 Å². The zero-order valence-corrected chi connectivity index (χ0v) is 8.10. The van der Waals surface area contributed by atoms with Gasteiger partial charge in [0, 0.05) is 11.8 Å². The van der Waals surface area contributed by atoms with E-state index in [1.807, 2.05) is 6.92 Å². The first-order valence-electron chi connectivity index (χ1n) is 4.44. The van der Waals surface area contributed by atoms with Gasteiger partial charge >= 0.3 is 0 Å². The van der Waals surface area contributed by atoms with Crippen molar-refractivity contribution in [2.24, 2.45) is 0 Å². The van der Waals surface area contributed by atoms with Gasteiger partial charge in [-0.1, -0.05) is 12.1 Å². The molecule has 1 aromatic heterocycles. The smallest absolute Gasteiger partial charge is 0.278 e. The zero-order valence-electron chi connectivity index (χ0n) is 8.10. The Morgan fingerprint density at radius 2 is 2.13 bits per heavy atom. The van der Waals surface area contributed by atoms with Crippen LogP contribution in [-0.2, 0) is 0 Å². The number of imidazole rings is 1. The van der Waals surface area contributed by atoms with Crippen molar-refractivity contribution in [3.63, 3.8) is 0 Å². The molecule has 0 aliphatic rings. The highest BCUT2D eigenvalue weighted by molar-refractivity contribution is 5.71. The number of rotatable bonds is 2. The van der Waals surface area contributed by atoms with E-state index in [9.17, 15) is 10.1 Å². The van der Waals surface area contributed by atoms with Crippen LogP contribution in [0.25, 0.3) is 11.3 Å². The zero-order chi connectivity index (χ0) is 10.8. The average molecular weight is 203 g/mol. The van der Waals surface area contributed by atoms with Crippen molar-refractivity contribution in [2.75, 3.05) is 0 Å². The van der Waals surface area contributed by atoms with E-state index >= 15 is 0 Å². The van der Waals surface area contributed by atoms with E-state index in [2.05, 4.69) is 9.97 Å². The number of benzene rings is 1. The van der Waals surface area contributed by atoms with Crippen molar-refractivity contribution in [3.8, 4) is 11.3 Å². The van der Waals surface area contributed by atoms with E-state index < -0.39 is 4.92 Å². The lowest BCUT2D eigenvalue weighted by Crippen LogP contribution is -1.92. The number of nitrogens with zero attached hydrogens (tertiary/aromatic N) is 2. The molecule has 2 rings (SSSR count). The molecule has 1 aromatic carbocycles. The molecule has 0 fully saturated rings. The molecule has 0 aliphatic carbocycles. The number of hydrogen-bond donors (Lipinski definition) is 1. The number of nitro groups is 1. The molecule has 0 amide bonds. The lowest BCUT2D eigenvalue weighted by atomic mass is 10.1. The van der Waals surface area contributed by atoms with Crippen LogP contribution in [-0.4, -0.2) is 14.9 Å². The highest BCUT2D eigenvalue weighted by Crippen LogP contribution is 2.29. The Bertz CT molecular complexity index is 505. The fourth-order valence-corrected chi connectivity index (χ4v) is 1.46. The summed E-state index contributed by atoms with van der Waals surface area (Å²) in [5.41, 5.74) is 2.07. The Morgan fingerprint density at radius 1 is 1.40 bits per heavy atom. The first-order chi connectivity index (χ1) is 7.20. The lowest BCUT2D eigenvalue weighted by Gasteiger charge is -1.99. The molecule has 0 radical (unpaired) electrons. The Labute approximate surface area is 85.9 Å². The Kier molecular flexibility index (Phi) is 2.21. The van der Waals surface area contributed by atoms with Gasteiger partial charge in [0.05, 0.1) is 22.5 Å². The van der Waals surface area contributed by atoms with E-state index in [0.29, 0.717) is 11.3 Å². The van der Waals surface area contributed by atoms with Crippen molar-refractivity contribution in [1.82, 2.24) is 9.97 Å². The molecule has 15 heavy (non-hydrogen) atoms. The quantitative estimate of drug-likeness (QED) is 0.601. The monoisotopic (exact) mass is 203 g/mol. The van der Waals surface area contributed by atoms with Gasteiger partial charge in [-0.2, -0.15) is 0 Å². The van der Waals surface area contributed by atoms with Crippen LogP contribution < -0.4 is 0 Å². The van der Waals surface area contributed by atoms with E-state index in [4.69, 9.17) is 0 Å². The maximum Gasteiger partial charge on any atom is 0.278 e. The molecule has 0 saturated carbocycles. The van der Waals surface area contributed by atoms with E-state index in [1.54, 1.807) is 18.2 Å². The second-order valence-electron chi connectivity index (χ2n) is 3.15. The molecule has 1 N–H and O–H groups in total. The standard InChI is InChI=1S/C10H9N3O2/c1-7-10(12-6-11-7)8-4-2-3-5-9(8)13(14)15/h2-6H,1H3,(H,11,12). The Balaban J connectivity index is 2.63. The van der Waals surface area contributed by atoms with Crippen LogP contribution in [0.5, 0.6) is 0 Å². The predicted molar refractivity (Wildman–Crippen MR) is 55.4 cm³/mol. The molecule has 2 aromatic rings. The number of hydrogen-bond acceptors (Lipinski definition) is 3. The first kappa shape index (κ1) is 9.39. The minimum absolute atomic E-state index is 0.0766. The van der Waals surface area contributed by atoms with Gasteiger partial charge in [0.2, 0.25) is 0 Å². The number of nitrogens with one attached hydrogen (secondary N) is 1. The third-order valence-electron chi connectivity index (χ3n) is 2.19.